The van der Waals surface area contributed by atoms with Gasteiger partial charge in [0, 0.05) is 37.3 Å². The molecule has 46 heavy (non-hydrogen) atoms. The van der Waals surface area contributed by atoms with Crippen molar-refractivity contribution in [3.8, 4) is 5.75 Å². The zero-order chi connectivity index (χ0) is 33.1. The van der Waals surface area contributed by atoms with Gasteiger partial charge in [0.25, 0.3) is 0 Å². The van der Waals surface area contributed by atoms with Crippen molar-refractivity contribution >= 4 is 39.5 Å². The first-order valence-corrected chi connectivity index (χ1v) is 15.4. The average Bonchev–Trinajstić information content (AvgIpc) is 3.41. The summed E-state index contributed by atoms with van der Waals surface area (Å²) in [4.78, 5) is 33.5. The Bertz CT molecular complexity index is 1640. The maximum absolute atomic E-state index is 13.6. The summed E-state index contributed by atoms with van der Waals surface area (Å²) in [5.74, 6) is -7.98. The standard InChI is InChI=1S/C33H38F4N4O5/c1-2-3-12-26-40-30-31(22-10-6-7-11-25(22)39-33(30)38)41(26)15-8-4-5-9-21(42)13-16-44-18-19-45-17-14-27(43)46-32-28(36)23(34)20-24(35)29(32)37/h6-7,10-11,20H,2-5,8-9,12-19H2,1H3,(H2,38,39). The molecule has 4 aromatic rings. The van der Waals surface area contributed by atoms with Crippen LogP contribution in [0, 0.1) is 23.3 Å². The number of para-hydroxylation sites is 1. The van der Waals surface area contributed by atoms with Crippen LogP contribution in [0.5, 0.6) is 5.75 Å². The molecule has 4 rings (SSSR count). The van der Waals surface area contributed by atoms with Gasteiger partial charge in [0.05, 0.1) is 43.9 Å². The van der Waals surface area contributed by atoms with Gasteiger partial charge in [0.15, 0.2) is 17.5 Å². The monoisotopic (exact) mass is 646 g/mol. The number of ketones is 1. The van der Waals surface area contributed by atoms with Crippen molar-refractivity contribution in [1.29, 1.82) is 0 Å². The molecule has 0 spiro atoms. The Hall–Kier alpha value is -4.10. The zero-order valence-corrected chi connectivity index (χ0v) is 25.8. The Morgan fingerprint density at radius 2 is 1.54 bits per heavy atom. The number of hydrogen-bond donors (Lipinski definition) is 1. The molecule has 0 amide bonds. The van der Waals surface area contributed by atoms with Crippen molar-refractivity contribution in [2.45, 2.75) is 71.3 Å². The highest BCUT2D eigenvalue weighted by Crippen LogP contribution is 2.30. The Kier molecular flexibility index (Phi) is 12.8. The lowest BCUT2D eigenvalue weighted by atomic mass is 10.1. The van der Waals surface area contributed by atoms with Crippen LogP contribution in [0.2, 0.25) is 0 Å². The van der Waals surface area contributed by atoms with Gasteiger partial charge in [-0.05, 0) is 25.3 Å². The number of hydrogen-bond acceptors (Lipinski definition) is 8. The minimum absolute atomic E-state index is 0.0187. The average molecular weight is 647 g/mol. The molecule has 2 aromatic carbocycles. The topological polar surface area (TPSA) is 119 Å². The number of unbranched alkanes of at least 4 members (excludes halogenated alkanes) is 3. The summed E-state index contributed by atoms with van der Waals surface area (Å²) >= 11 is 0. The van der Waals surface area contributed by atoms with Crippen molar-refractivity contribution in [3.63, 3.8) is 0 Å². The van der Waals surface area contributed by atoms with E-state index >= 15 is 0 Å². The molecule has 0 aliphatic carbocycles. The minimum atomic E-state index is -1.80. The summed E-state index contributed by atoms with van der Waals surface area (Å²) < 4.78 is 70.9. The second kappa shape index (κ2) is 17.0. The number of aryl methyl sites for hydroxylation is 2. The number of carbonyl (C=O) groups excluding carboxylic acids is 2. The number of pyridine rings is 1. The third-order valence-electron chi connectivity index (χ3n) is 7.42. The number of Topliss-reactive ketones (excluding diaryl/α,β-unsaturated/α-hetero) is 1. The van der Waals surface area contributed by atoms with Crippen molar-refractivity contribution in [3.05, 3.63) is 59.4 Å². The van der Waals surface area contributed by atoms with Crippen molar-refractivity contribution in [1.82, 2.24) is 14.5 Å². The van der Waals surface area contributed by atoms with E-state index in [-0.39, 0.29) is 44.7 Å². The van der Waals surface area contributed by atoms with Crippen LogP contribution in [0.15, 0.2) is 30.3 Å². The fourth-order valence-electron chi connectivity index (χ4n) is 5.03. The predicted molar refractivity (Wildman–Crippen MR) is 164 cm³/mol. The van der Waals surface area contributed by atoms with Crippen LogP contribution in [0.4, 0.5) is 23.4 Å². The van der Waals surface area contributed by atoms with Gasteiger partial charge in [-0.2, -0.15) is 8.78 Å². The fourth-order valence-corrected chi connectivity index (χ4v) is 5.03. The lowest BCUT2D eigenvalue weighted by Gasteiger charge is -2.11. The van der Waals surface area contributed by atoms with Crippen LogP contribution >= 0.6 is 0 Å². The highest BCUT2D eigenvalue weighted by Gasteiger charge is 2.23. The second-order valence-electron chi connectivity index (χ2n) is 10.8. The number of benzene rings is 2. The maximum Gasteiger partial charge on any atom is 0.313 e. The lowest BCUT2D eigenvalue weighted by molar-refractivity contribution is -0.136. The number of nitrogens with two attached hydrogens (primary N) is 1. The van der Waals surface area contributed by atoms with Gasteiger partial charge >= 0.3 is 5.97 Å². The summed E-state index contributed by atoms with van der Waals surface area (Å²) in [6.07, 6.45) is 5.77. The van der Waals surface area contributed by atoms with Crippen molar-refractivity contribution in [2.75, 3.05) is 32.2 Å². The summed E-state index contributed by atoms with van der Waals surface area (Å²) in [6.45, 7) is 3.23. The van der Waals surface area contributed by atoms with E-state index in [1.54, 1.807) is 0 Å². The lowest BCUT2D eigenvalue weighted by Crippen LogP contribution is -2.15. The summed E-state index contributed by atoms with van der Waals surface area (Å²) in [6, 6.07) is 7.94. The van der Waals surface area contributed by atoms with E-state index in [2.05, 4.69) is 21.2 Å². The number of fused-ring (bicyclic) bond motifs is 3. The van der Waals surface area contributed by atoms with Crippen LogP contribution in [-0.4, -0.2) is 52.7 Å². The molecule has 0 aliphatic rings. The molecule has 13 heteroatoms. The van der Waals surface area contributed by atoms with E-state index < -0.39 is 41.4 Å². The third-order valence-corrected chi connectivity index (χ3v) is 7.42. The van der Waals surface area contributed by atoms with Crippen LogP contribution < -0.4 is 10.5 Å². The number of anilines is 1. The van der Waals surface area contributed by atoms with E-state index in [0.29, 0.717) is 12.2 Å². The number of nitrogens with zero attached hydrogens (tertiary/aromatic N) is 3. The van der Waals surface area contributed by atoms with Gasteiger partial charge in [-0.15, -0.1) is 0 Å². The fraction of sp³-hybridized carbons (Fsp3) is 0.455. The van der Waals surface area contributed by atoms with E-state index in [9.17, 15) is 27.2 Å². The normalized spacial score (nSPS) is 11.5. The number of ether oxygens (including phenoxy) is 3. The number of rotatable bonds is 19. The first-order chi connectivity index (χ1) is 22.2. The molecule has 0 aliphatic heterocycles. The van der Waals surface area contributed by atoms with Gasteiger partial charge in [-0.3, -0.25) is 9.59 Å². The second-order valence-corrected chi connectivity index (χ2v) is 10.8. The first kappa shape index (κ1) is 34.8. The molecule has 0 radical (unpaired) electrons. The quantitative estimate of drug-likeness (QED) is 0.0397. The van der Waals surface area contributed by atoms with E-state index in [1.165, 1.54) is 0 Å². The molecule has 0 saturated carbocycles. The molecule has 0 fully saturated rings. The Morgan fingerprint density at radius 3 is 2.26 bits per heavy atom. The molecule has 2 N–H and O–H groups in total. The number of carbonyl (C=O) groups is 2. The van der Waals surface area contributed by atoms with Gasteiger partial charge < -0.3 is 24.5 Å². The van der Waals surface area contributed by atoms with E-state index in [1.807, 2.05) is 24.3 Å². The van der Waals surface area contributed by atoms with Crippen LogP contribution in [0.3, 0.4) is 0 Å². The van der Waals surface area contributed by atoms with Crippen molar-refractivity contribution in [2.24, 2.45) is 0 Å². The van der Waals surface area contributed by atoms with Crippen molar-refractivity contribution < 1.29 is 41.4 Å². The molecule has 2 heterocycles. The highest BCUT2D eigenvalue weighted by atomic mass is 19.2. The van der Waals surface area contributed by atoms with Gasteiger partial charge in [0.2, 0.25) is 17.4 Å². The summed E-state index contributed by atoms with van der Waals surface area (Å²) in [5, 5.41) is 1.03. The molecule has 0 atom stereocenters. The third kappa shape index (κ3) is 9.00. The van der Waals surface area contributed by atoms with E-state index in [4.69, 9.17) is 20.2 Å². The number of aromatic nitrogens is 3. The first-order valence-electron chi connectivity index (χ1n) is 15.4. The number of esters is 1. The SMILES string of the molecule is CCCCc1nc2c(N)nc3ccccc3c2n1CCCCCC(=O)CCOCCOCCC(=O)Oc1c(F)c(F)cc(F)c1F. The Morgan fingerprint density at radius 1 is 0.848 bits per heavy atom. The van der Waals surface area contributed by atoms with E-state index in [0.717, 1.165) is 72.8 Å². The molecular formula is C33H38F4N4O5. The largest absolute Gasteiger partial charge is 0.420 e. The number of halogens is 4. The van der Waals surface area contributed by atoms with Gasteiger partial charge in [0.1, 0.15) is 17.1 Å². The molecule has 248 valence electrons. The molecule has 0 saturated heterocycles. The maximum atomic E-state index is 13.6. The molecular weight excluding hydrogens is 608 g/mol. The summed E-state index contributed by atoms with van der Waals surface area (Å²) in [5.41, 5.74) is 8.86. The molecule has 9 nitrogen and oxygen atoms in total. The summed E-state index contributed by atoms with van der Waals surface area (Å²) in [7, 11) is 0. The Balaban J connectivity index is 1.10. The molecule has 2 aromatic heterocycles. The molecule has 0 bridgehead atoms. The van der Waals surface area contributed by atoms with Gasteiger partial charge in [-0.25, -0.2) is 18.7 Å². The zero-order valence-electron chi connectivity index (χ0n) is 25.8. The Labute approximate surface area is 264 Å². The van der Waals surface area contributed by atoms with Crippen LogP contribution in [0.1, 0.15) is 64.1 Å². The van der Waals surface area contributed by atoms with Gasteiger partial charge in [-0.1, -0.05) is 38.0 Å². The van der Waals surface area contributed by atoms with Crippen LogP contribution in [-0.2, 0) is 32.0 Å². The smallest absolute Gasteiger partial charge is 0.313 e. The number of nitrogen functional groups attached to an aromatic ring is 1. The predicted octanol–water partition coefficient (Wildman–Crippen LogP) is 6.61. The minimum Gasteiger partial charge on any atom is -0.420 e. The number of imidazole rings is 1. The van der Waals surface area contributed by atoms with Crippen LogP contribution in [0.25, 0.3) is 21.9 Å². The highest BCUT2D eigenvalue weighted by molar-refractivity contribution is 6.06. The molecule has 0 unspecified atom stereocenters.